The molecule has 33 heavy (non-hydrogen) atoms. The molecule has 0 fully saturated rings. The minimum absolute atomic E-state index is 0.0709. The van der Waals surface area contributed by atoms with Gasteiger partial charge in [-0.1, -0.05) is 46.2 Å². The second-order valence-electron chi connectivity index (χ2n) is 9.17. The number of rotatable bonds is 10. The Balaban J connectivity index is 2.13. The van der Waals surface area contributed by atoms with Crippen LogP contribution < -0.4 is 10.0 Å². The Morgan fingerprint density at radius 1 is 1.21 bits per heavy atom. The fraction of sp³-hybridized carbons (Fsp3) is 0.500. The van der Waals surface area contributed by atoms with Gasteiger partial charge in [0.15, 0.2) is 0 Å². The molecular weight excluding hydrogens is 461 g/mol. The minimum atomic E-state index is -3.59. The summed E-state index contributed by atoms with van der Waals surface area (Å²) in [4.78, 5) is 17.6. The molecule has 0 bridgehead atoms. The predicted octanol–water partition coefficient (Wildman–Crippen LogP) is 5.20. The summed E-state index contributed by atoms with van der Waals surface area (Å²) < 4.78 is 39.1. The largest absolute Gasteiger partial charge is 0.351 e. The van der Waals surface area contributed by atoms with Crippen molar-refractivity contribution in [2.75, 3.05) is 16.7 Å². The molecule has 182 valence electrons. The van der Waals surface area contributed by atoms with Crippen LogP contribution in [0.5, 0.6) is 0 Å². The number of anilines is 1. The number of thioether (sulfide) groups is 1. The van der Waals surface area contributed by atoms with Crippen molar-refractivity contribution in [3.8, 4) is 0 Å². The van der Waals surface area contributed by atoms with Gasteiger partial charge in [0, 0.05) is 23.2 Å². The van der Waals surface area contributed by atoms with Crippen molar-refractivity contribution in [3.63, 3.8) is 0 Å². The average Bonchev–Trinajstić information content (AvgIpc) is 2.72. The van der Waals surface area contributed by atoms with Crippen LogP contribution in [0.2, 0.25) is 0 Å². The lowest BCUT2D eigenvalue weighted by Gasteiger charge is -2.20. The molecule has 2 rings (SSSR count). The molecule has 2 N–H and O–H groups in total. The van der Waals surface area contributed by atoms with Crippen LogP contribution in [0.25, 0.3) is 0 Å². The van der Waals surface area contributed by atoms with E-state index in [0.29, 0.717) is 12.1 Å². The second-order valence-corrected chi connectivity index (χ2v) is 12.0. The van der Waals surface area contributed by atoms with Crippen LogP contribution in [0.3, 0.4) is 0 Å². The Morgan fingerprint density at radius 3 is 2.48 bits per heavy atom. The summed E-state index contributed by atoms with van der Waals surface area (Å²) in [6.07, 6.45) is 3.14. The SMILES string of the molecule is CCCCSc1nc(C(C)(C)C)ccc1CNC(=O)C(C)c1ccc(NS(C)(=O)=O)c(F)c1. The minimum Gasteiger partial charge on any atom is -0.351 e. The number of benzene rings is 1. The molecule has 1 atom stereocenters. The first-order valence-corrected chi connectivity index (χ1v) is 13.9. The summed E-state index contributed by atoms with van der Waals surface area (Å²) in [5.41, 5.74) is 2.20. The summed E-state index contributed by atoms with van der Waals surface area (Å²) >= 11 is 1.70. The number of hydrogen-bond acceptors (Lipinski definition) is 5. The third kappa shape index (κ3) is 8.30. The van der Waals surface area contributed by atoms with Crippen molar-refractivity contribution >= 4 is 33.4 Å². The maximum absolute atomic E-state index is 14.3. The number of carbonyl (C=O) groups excluding carboxylic acids is 1. The molecule has 9 heteroatoms. The highest BCUT2D eigenvalue weighted by molar-refractivity contribution is 7.99. The summed E-state index contributed by atoms with van der Waals surface area (Å²) in [6.45, 7) is 10.5. The van der Waals surface area contributed by atoms with E-state index >= 15 is 0 Å². The van der Waals surface area contributed by atoms with Crippen LogP contribution in [0.1, 0.15) is 70.2 Å². The standard InChI is InChI=1S/C24H34FN3O3S2/c1-7-8-13-32-23-18(10-12-21(27-23)24(3,4)5)15-26-22(29)16(2)17-9-11-20(19(25)14-17)28-33(6,30)31/h9-12,14,16,28H,7-8,13,15H2,1-6H3,(H,26,29). The molecular formula is C24H34FN3O3S2. The number of nitrogens with one attached hydrogen (secondary N) is 2. The van der Waals surface area contributed by atoms with Crippen molar-refractivity contribution in [1.82, 2.24) is 10.3 Å². The lowest BCUT2D eigenvalue weighted by Crippen LogP contribution is -2.28. The van der Waals surface area contributed by atoms with Crippen LogP contribution in [-0.2, 0) is 26.8 Å². The normalized spacial score (nSPS) is 12.9. The van der Waals surface area contributed by atoms with Gasteiger partial charge in [0.25, 0.3) is 0 Å². The van der Waals surface area contributed by atoms with Crippen molar-refractivity contribution in [1.29, 1.82) is 0 Å². The van der Waals surface area contributed by atoms with Crippen molar-refractivity contribution in [2.45, 2.75) is 70.4 Å². The fourth-order valence-electron chi connectivity index (χ4n) is 3.03. The first-order chi connectivity index (χ1) is 15.3. The summed E-state index contributed by atoms with van der Waals surface area (Å²) in [6, 6.07) is 8.07. The van der Waals surface area contributed by atoms with E-state index in [2.05, 4.69) is 37.7 Å². The number of hydrogen-bond donors (Lipinski definition) is 2. The van der Waals surface area contributed by atoms with Gasteiger partial charge < -0.3 is 5.32 Å². The van der Waals surface area contributed by atoms with Gasteiger partial charge in [-0.25, -0.2) is 17.8 Å². The van der Waals surface area contributed by atoms with E-state index in [1.165, 1.54) is 12.1 Å². The average molecular weight is 496 g/mol. The third-order valence-corrected chi connectivity index (χ3v) is 6.79. The van der Waals surface area contributed by atoms with E-state index in [1.807, 2.05) is 12.1 Å². The highest BCUT2D eigenvalue weighted by atomic mass is 32.2. The molecule has 0 aliphatic heterocycles. The Labute approximate surface area is 201 Å². The van der Waals surface area contributed by atoms with E-state index in [0.717, 1.165) is 41.1 Å². The van der Waals surface area contributed by atoms with Gasteiger partial charge in [-0.2, -0.15) is 0 Å². The lowest BCUT2D eigenvalue weighted by molar-refractivity contribution is -0.122. The van der Waals surface area contributed by atoms with E-state index in [1.54, 1.807) is 24.8 Å². The van der Waals surface area contributed by atoms with Crippen molar-refractivity contribution in [2.24, 2.45) is 0 Å². The number of aromatic nitrogens is 1. The Hall–Kier alpha value is -2.13. The third-order valence-electron chi connectivity index (χ3n) is 5.08. The molecule has 0 radical (unpaired) electrons. The Bertz CT molecular complexity index is 1080. The van der Waals surface area contributed by atoms with Crippen LogP contribution >= 0.6 is 11.8 Å². The van der Waals surface area contributed by atoms with E-state index < -0.39 is 21.8 Å². The molecule has 0 saturated carbocycles. The number of sulfonamides is 1. The molecule has 1 unspecified atom stereocenters. The number of nitrogens with zero attached hydrogens (tertiary/aromatic N) is 1. The molecule has 1 aromatic carbocycles. The van der Waals surface area contributed by atoms with E-state index in [9.17, 15) is 17.6 Å². The number of unbranched alkanes of at least 4 members (excludes halogenated alkanes) is 1. The van der Waals surface area contributed by atoms with Crippen LogP contribution in [0, 0.1) is 5.82 Å². The smallest absolute Gasteiger partial charge is 0.229 e. The molecule has 1 amide bonds. The van der Waals surface area contributed by atoms with Gasteiger partial charge in [-0.3, -0.25) is 9.52 Å². The van der Waals surface area contributed by atoms with E-state index in [-0.39, 0.29) is 17.0 Å². The predicted molar refractivity (Wildman–Crippen MR) is 134 cm³/mol. The van der Waals surface area contributed by atoms with Crippen molar-refractivity contribution < 1.29 is 17.6 Å². The number of pyridine rings is 1. The summed E-state index contributed by atoms with van der Waals surface area (Å²) in [5, 5.41) is 3.85. The number of amides is 1. The second kappa shape index (κ2) is 11.3. The van der Waals surface area contributed by atoms with Gasteiger partial charge in [0.2, 0.25) is 15.9 Å². The Morgan fingerprint density at radius 2 is 1.91 bits per heavy atom. The van der Waals surface area contributed by atoms with Gasteiger partial charge >= 0.3 is 0 Å². The first-order valence-electron chi connectivity index (χ1n) is 11.0. The molecule has 0 aliphatic carbocycles. The quantitative estimate of drug-likeness (QED) is 0.349. The lowest BCUT2D eigenvalue weighted by atomic mass is 9.91. The zero-order valence-electron chi connectivity index (χ0n) is 20.2. The summed E-state index contributed by atoms with van der Waals surface area (Å²) in [7, 11) is -3.59. The zero-order valence-corrected chi connectivity index (χ0v) is 21.8. The highest BCUT2D eigenvalue weighted by Crippen LogP contribution is 2.28. The molecule has 2 aromatic rings. The molecule has 0 aliphatic rings. The van der Waals surface area contributed by atoms with E-state index in [4.69, 9.17) is 4.98 Å². The van der Waals surface area contributed by atoms with Gasteiger partial charge in [-0.15, -0.1) is 11.8 Å². The van der Waals surface area contributed by atoms with Crippen LogP contribution in [0.4, 0.5) is 10.1 Å². The summed E-state index contributed by atoms with van der Waals surface area (Å²) in [5.74, 6) is -0.622. The fourth-order valence-corrected chi connectivity index (χ4v) is 4.71. The molecule has 0 saturated heterocycles. The zero-order chi connectivity index (χ0) is 24.8. The molecule has 0 spiro atoms. The first kappa shape index (κ1) is 27.1. The molecule has 1 heterocycles. The van der Waals surface area contributed by atoms with Crippen LogP contribution in [0.15, 0.2) is 35.4 Å². The van der Waals surface area contributed by atoms with Gasteiger partial charge in [-0.05, 0) is 42.9 Å². The van der Waals surface area contributed by atoms with Gasteiger partial charge in [0.1, 0.15) is 10.8 Å². The Kier molecular flexibility index (Phi) is 9.31. The molecule has 6 nitrogen and oxygen atoms in total. The highest BCUT2D eigenvalue weighted by Gasteiger charge is 2.20. The topological polar surface area (TPSA) is 88.2 Å². The molecule has 1 aromatic heterocycles. The van der Waals surface area contributed by atoms with Crippen molar-refractivity contribution in [3.05, 3.63) is 53.0 Å². The number of carbonyl (C=O) groups is 1. The maximum Gasteiger partial charge on any atom is 0.229 e. The maximum atomic E-state index is 14.3. The number of halogens is 1. The van der Waals surface area contributed by atoms with Gasteiger partial charge in [0.05, 0.1) is 17.9 Å². The monoisotopic (exact) mass is 495 g/mol. The van der Waals surface area contributed by atoms with Crippen LogP contribution in [-0.4, -0.2) is 31.3 Å².